The molecule has 3 N–H and O–H groups in total. The molecule has 2 rings (SSSR count). The number of nitrogens with one attached hydrogen (secondary N) is 1. The van der Waals surface area contributed by atoms with Crippen LogP contribution in [0.2, 0.25) is 0 Å². The Balaban J connectivity index is 2.34. The summed E-state index contributed by atoms with van der Waals surface area (Å²) < 4.78 is 2.03. The van der Waals surface area contributed by atoms with E-state index in [2.05, 4.69) is 24.5 Å². The summed E-state index contributed by atoms with van der Waals surface area (Å²) in [5.41, 5.74) is 5.14. The molecule has 4 heteroatoms. The highest BCUT2D eigenvalue weighted by molar-refractivity contribution is 5.92. The van der Waals surface area contributed by atoms with Gasteiger partial charge in [0.1, 0.15) is 5.69 Å². The smallest absolute Gasteiger partial charge is 0.281 e. The SMILES string of the molecule is CCCc1ccc(C(=O)NN)n1Cc1ccccc1. The van der Waals surface area contributed by atoms with E-state index in [1.54, 1.807) is 0 Å². The Kier molecular flexibility index (Phi) is 4.36. The number of aryl methyl sites for hydroxylation is 1. The summed E-state index contributed by atoms with van der Waals surface area (Å²) in [6, 6.07) is 13.9. The van der Waals surface area contributed by atoms with Crippen molar-refractivity contribution < 1.29 is 4.79 Å². The molecule has 1 heterocycles. The molecule has 0 bridgehead atoms. The molecule has 4 nitrogen and oxygen atoms in total. The average molecular weight is 257 g/mol. The Morgan fingerprint density at radius 2 is 1.95 bits per heavy atom. The van der Waals surface area contributed by atoms with Crippen molar-refractivity contribution >= 4 is 5.91 Å². The van der Waals surface area contributed by atoms with Crippen molar-refractivity contribution in [3.8, 4) is 0 Å². The summed E-state index contributed by atoms with van der Waals surface area (Å²) in [6.45, 7) is 2.81. The van der Waals surface area contributed by atoms with Crippen molar-refractivity contribution in [3.63, 3.8) is 0 Å². The zero-order valence-corrected chi connectivity index (χ0v) is 11.1. The zero-order valence-electron chi connectivity index (χ0n) is 11.1. The summed E-state index contributed by atoms with van der Waals surface area (Å²) in [4.78, 5) is 11.8. The molecule has 100 valence electrons. The molecule has 0 radical (unpaired) electrons. The molecular formula is C15H19N3O. The normalized spacial score (nSPS) is 10.4. The topological polar surface area (TPSA) is 60.1 Å². The highest BCUT2D eigenvalue weighted by atomic mass is 16.2. The number of nitrogen functional groups attached to an aromatic ring is 1. The Hall–Kier alpha value is -2.07. The van der Waals surface area contributed by atoms with Gasteiger partial charge in [-0.2, -0.15) is 0 Å². The first-order chi connectivity index (χ1) is 9.26. The van der Waals surface area contributed by atoms with E-state index in [1.807, 2.05) is 34.9 Å². The molecule has 0 spiro atoms. The maximum absolute atomic E-state index is 11.8. The summed E-state index contributed by atoms with van der Waals surface area (Å²) in [5.74, 6) is 4.99. The van der Waals surface area contributed by atoms with Gasteiger partial charge in [-0.25, -0.2) is 5.84 Å². The van der Waals surface area contributed by atoms with Gasteiger partial charge in [0, 0.05) is 12.2 Å². The van der Waals surface area contributed by atoms with Gasteiger partial charge in [0.25, 0.3) is 5.91 Å². The molecule has 19 heavy (non-hydrogen) atoms. The van der Waals surface area contributed by atoms with Gasteiger partial charge in [-0.15, -0.1) is 0 Å². The second-order valence-corrected chi connectivity index (χ2v) is 4.51. The van der Waals surface area contributed by atoms with Crippen LogP contribution in [0.4, 0.5) is 0 Å². The lowest BCUT2D eigenvalue weighted by molar-refractivity contribution is 0.0944. The van der Waals surface area contributed by atoms with Crippen LogP contribution in [0.5, 0.6) is 0 Å². The third kappa shape index (κ3) is 3.03. The van der Waals surface area contributed by atoms with Crippen LogP contribution in [0.1, 0.15) is 35.1 Å². The number of carbonyl (C=O) groups is 1. The maximum Gasteiger partial charge on any atom is 0.281 e. The minimum atomic E-state index is -0.252. The number of rotatable bonds is 5. The number of aromatic nitrogens is 1. The highest BCUT2D eigenvalue weighted by Crippen LogP contribution is 2.14. The number of nitrogens with zero attached hydrogens (tertiary/aromatic N) is 1. The number of carbonyl (C=O) groups excluding carboxylic acids is 1. The molecular weight excluding hydrogens is 238 g/mol. The van der Waals surface area contributed by atoms with Crippen molar-refractivity contribution in [1.29, 1.82) is 0 Å². The minimum Gasteiger partial charge on any atom is -0.336 e. The van der Waals surface area contributed by atoms with Crippen molar-refractivity contribution in [2.45, 2.75) is 26.3 Å². The standard InChI is InChI=1S/C15H19N3O/c1-2-6-13-9-10-14(15(19)17-16)18(13)11-12-7-4-3-5-8-12/h3-5,7-10H,2,6,11,16H2,1H3,(H,17,19). The van der Waals surface area contributed by atoms with Gasteiger partial charge in [0.15, 0.2) is 0 Å². The first kappa shape index (κ1) is 13.4. The van der Waals surface area contributed by atoms with Crippen LogP contribution >= 0.6 is 0 Å². The monoisotopic (exact) mass is 257 g/mol. The molecule has 0 saturated carbocycles. The molecule has 1 aromatic carbocycles. The summed E-state index contributed by atoms with van der Waals surface area (Å²) >= 11 is 0. The van der Waals surface area contributed by atoms with Gasteiger partial charge >= 0.3 is 0 Å². The number of hydrogen-bond donors (Lipinski definition) is 2. The Labute approximate surface area is 113 Å². The zero-order chi connectivity index (χ0) is 13.7. The quantitative estimate of drug-likeness (QED) is 0.489. The predicted molar refractivity (Wildman–Crippen MR) is 75.6 cm³/mol. The van der Waals surface area contributed by atoms with Gasteiger partial charge in [0.2, 0.25) is 0 Å². The van der Waals surface area contributed by atoms with Crippen molar-refractivity contribution in [2.24, 2.45) is 5.84 Å². The second kappa shape index (κ2) is 6.20. The van der Waals surface area contributed by atoms with E-state index < -0.39 is 0 Å². The highest BCUT2D eigenvalue weighted by Gasteiger charge is 2.13. The Bertz CT molecular complexity index is 546. The number of amides is 1. The third-order valence-corrected chi connectivity index (χ3v) is 3.12. The molecule has 2 aromatic rings. The van der Waals surface area contributed by atoms with Gasteiger partial charge in [0.05, 0.1) is 0 Å². The predicted octanol–water partition coefficient (Wildman–Crippen LogP) is 2.09. The molecule has 0 atom stereocenters. The molecule has 0 unspecified atom stereocenters. The first-order valence-corrected chi connectivity index (χ1v) is 6.49. The van der Waals surface area contributed by atoms with Crippen LogP contribution in [-0.4, -0.2) is 10.5 Å². The van der Waals surface area contributed by atoms with Crippen LogP contribution < -0.4 is 11.3 Å². The Morgan fingerprint density at radius 1 is 1.21 bits per heavy atom. The molecule has 0 aliphatic rings. The number of nitrogens with two attached hydrogens (primary N) is 1. The summed E-state index contributed by atoms with van der Waals surface area (Å²) in [7, 11) is 0. The van der Waals surface area contributed by atoms with Gasteiger partial charge < -0.3 is 4.57 Å². The summed E-state index contributed by atoms with van der Waals surface area (Å²) in [6.07, 6.45) is 1.99. The molecule has 0 fully saturated rings. The van der Waals surface area contributed by atoms with E-state index in [-0.39, 0.29) is 5.91 Å². The molecule has 1 amide bonds. The summed E-state index contributed by atoms with van der Waals surface area (Å²) in [5, 5.41) is 0. The fraction of sp³-hybridized carbons (Fsp3) is 0.267. The second-order valence-electron chi connectivity index (χ2n) is 4.51. The average Bonchev–Trinajstić information content (AvgIpc) is 2.83. The van der Waals surface area contributed by atoms with E-state index in [0.29, 0.717) is 12.2 Å². The minimum absolute atomic E-state index is 0.252. The van der Waals surface area contributed by atoms with Crippen molar-refractivity contribution in [2.75, 3.05) is 0 Å². The fourth-order valence-corrected chi connectivity index (χ4v) is 2.21. The van der Waals surface area contributed by atoms with Gasteiger partial charge in [-0.1, -0.05) is 43.7 Å². The van der Waals surface area contributed by atoms with Gasteiger partial charge in [-0.3, -0.25) is 10.2 Å². The number of hydrogen-bond acceptors (Lipinski definition) is 2. The largest absolute Gasteiger partial charge is 0.336 e. The number of hydrazine groups is 1. The third-order valence-electron chi connectivity index (χ3n) is 3.12. The van der Waals surface area contributed by atoms with E-state index >= 15 is 0 Å². The molecule has 0 aliphatic carbocycles. The van der Waals surface area contributed by atoms with Crippen LogP contribution in [0.25, 0.3) is 0 Å². The lowest BCUT2D eigenvalue weighted by atomic mass is 10.2. The van der Waals surface area contributed by atoms with Crippen molar-refractivity contribution in [3.05, 3.63) is 59.4 Å². The van der Waals surface area contributed by atoms with Gasteiger partial charge in [-0.05, 0) is 24.1 Å². The van der Waals surface area contributed by atoms with Crippen molar-refractivity contribution in [1.82, 2.24) is 9.99 Å². The van der Waals surface area contributed by atoms with Crippen LogP contribution in [-0.2, 0) is 13.0 Å². The van der Waals surface area contributed by atoms with E-state index in [0.717, 1.165) is 18.5 Å². The lowest BCUT2D eigenvalue weighted by Crippen LogP contribution is -2.32. The molecule has 0 aliphatic heterocycles. The molecule has 0 saturated heterocycles. The van der Waals surface area contributed by atoms with Crippen LogP contribution in [0.3, 0.4) is 0 Å². The van der Waals surface area contributed by atoms with E-state index in [1.165, 1.54) is 5.56 Å². The van der Waals surface area contributed by atoms with Crippen LogP contribution in [0.15, 0.2) is 42.5 Å². The Morgan fingerprint density at radius 3 is 2.58 bits per heavy atom. The first-order valence-electron chi connectivity index (χ1n) is 6.49. The number of benzene rings is 1. The maximum atomic E-state index is 11.8. The van der Waals surface area contributed by atoms with E-state index in [4.69, 9.17) is 5.84 Å². The van der Waals surface area contributed by atoms with E-state index in [9.17, 15) is 4.79 Å². The molecule has 1 aromatic heterocycles. The lowest BCUT2D eigenvalue weighted by Gasteiger charge is -2.12. The van der Waals surface area contributed by atoms with Crippen LogP contribution in [0, 0.1) is 0 Å². The fourth-order valence-electron chi connectivity index (χ4n) is 2.21.